The molecule has 2 heterocycles. The van der Waals surface area contributed by atoms with Gasteiger partial charge in [-0.1, -0.05) is 0 Å². The third-order valence-corrected chi connectivity index (χ3v) is 3.44. The van der Waals surface area contributed by atoms with Crippen LogP contribution in [0.1, 0.15) is 13.8 Å². The number of nitrogens with zero attached hydrogens (tertiary/aromatic N) is 2. The molecular formula is C12H22N2O3. The van der Waals surface area contributed by atoms with Crippen LogP contribution in [-0.4, -0.2) is 73.9 Å². The Balaban J connectivity index is 1.99. The Labute approximate surface area is 103 Å². The van der Waals surface area contributed by atoms with Gasteiger partial charge >= 0.3 is 0 Å². The summed E-state index contributed by atoms with van der Waals surface area (Å²) in [5.41, 5.74) is 0. The minimum absolute atomic E-state index is 0.109. The van der Waals surface area contributed by atoms with Crippen LogP contribution in [0.4, 0.5) is 0 Å². The van der Waals surface area contributed by atoms with Crippen LogP contribution < -0.4 is 0 Å². The van der Waals surface area contributed by atoms with Crippen LogP contribution in [0.15, 0.2) is 0 Å². The van der Waals surface area contributed by atoms with Gasteiger partial charge in [-0.2, -0.15) is 0 Å². The van der Waals surface area contributed by atoms with Crippen LogP contribution in [0.25, 0.3) is 0 Å². The first-order chi connectivity index (χ1) is 8.20. The maximum atomic E-state index is 12.4. The molecule has 0 aliphatic carbocycles. The quantitative estimate of drug-likeness (QED) is 0.681. The molecule has 2 fully saturated rings. The number of hydrogen-bond acceptors (Lipinski definition) is 4. The Bertz CT molecular complexity index is 264. The maximum Gasteiger partial charge on any atom is 0.242 e. The van der Waals surface area contributed by atoms with Gasteiger partial charge in [-0.3, -0.25) is 9.69 Å². The first kappa shape index (κ1) is 12.8. The van der Waals surface area contributed by atoms with Gasteiger partial charge in [0.1, 0.15) is 6.04 Å². The standard InChI is InChI=1S/C12H22N2O3/c1-10(2)14-5-8-17-9-11(14)12(15)13-3-6-16-7-4-13/h10-11H,3-9H2,1-2H3. The highest BCUT2D eigenvalue weighted by Crippen LogP contribution is 2.14. The van der Waals surface area contributed by atoms with Crippen molar-refractivity contribution < 1.29 is 14.3 Å². The first-order valence-corrected chi connectivity index (χ1v) is 6.40. The third kappa shape index (κ3) is 2.97. The molecule has 5 heteroatoms. The molecule has 1 atom stereocenters. The van der Waals surface area contributed by atoms with Gasteiger partial charge in [0.05, 0.1) is 26.4 Å². The molecule has 0 saturated carbocycles. The molecule has 0 aromatic carbocycles. The molecule has 0 spiro atoms. The summed E-state index contributed by atoms with van der Waals surface area (Å²) in [4.78, 5) is 16.6. The lowest BCUT2D eigenvalue weighted by Crippen LogP contribution is -2.58. The number of rotatable bonds is 2. The van der Waals surface area contributed by atoms with E-state index < -0.39 is 0 Å². The topological polar surface area (TPSA) is 42.0 Å². The van der Waals surface area contributed by atoms with Crippen molar-refractivity contribution in [3.8, 4) is 0 Å². The summed E-state index contributed by atoms with van der Waals surface area (Å²) in [7, 11) is 0. The summed E-state index contributed by atoms with van der Waals surface area (Å²) in [6.07, 6.45) is 0. The maximum absolute atomic E-state index is 12.4. The summed E-state index contributed by atoms with van der Waals surface area (Å²) in [6.45, 7) is 9.08. The monoisotopic (exact) mass is 242 g/mol. The number of carbonyl (C=O) groups excluding carboxylic acids is 1. The van der Waals surface area contributed by atoms with Crippen LogP contribution >= 0.6 is 0 Å². The van der Waals surface area contributed by atoms with Crippen molar-refractivity contribution in [3.63, 3.8) is 0 Å². The highest BCUT2D eigenvalue weighted by atomic mass is 16.5. The Kier molecular flexibility index (Phi) is 4.36. The molecule has 2 aliphatic rings. The summed E-state index contributed by atoms with van der Waals surface area (Å²) < 4.78 is 10.7. The summed E-state index contributed by atoms with van der Waals surface area (Å²) >= 11 is 0. The van der Waals surface area contributed by atoms with E-state index in [1.165, 1.54) is 0 Å². The zero-order valence-corrected chi connectivity index (χ0v) is 10.7. The van der Waals surface area contributed by atoms with Crippen molar-refractivity contribution >= 4 is 5.91 Å². The van der Waals surface area contributed by atoms with E-state index in [9.17, 15) is 4.79 Å². The second-order valence-electron chi connectivity index (χ2n) is 4.86. The highest BCUT2D eigenvalue weighted by molar-refractivity contribution is 5.82. The Morgan fingerprint density at radius 3 is 2.41 bits per heavy atom. The minimum atomic E-state index is -0.109. The van der Waals surface area contributed by atoms with E-state index in [1.807, 2.05) is 4.90 Å². The summed E-state index contributed by atoms with van der Waals surface area (Å²) in [6, 6.07) is 0.274. The first-order valence-electron chi connectivity index (χ1n) is 6.40. The van der Waals surface area contributed by atoms with E-state index in [0.29, 0.717) is 39.0 Å². The molecule has 2 saturated heterocycles. The molecule has 1 amide bonds. The predicted molar refractivity (Wildman–Crippen MR) is 63.8 cm³/mol. The van der Waals surface area contributed by atoms with Crippen LogP contribution in [0.3, 0.4) is 0 Å². The molecule has 0 N–H and O–H groups in total. The Morgan fingerprint density at radius 2 is 1.76 bits per heavy atom. The molecule has 0 radical (unpaired) electrons. The van der Waals surface area contributed by atoms with Gasteiger partial charge in [-0.15, -0.1) is 0 Å². The second-order valence-corrected chi connectivity index (χ2v) is 4.86. The van der Waals surface area contributed by atoms with Crippen molar-refractivity contribution in [1.82, 2.24) is 9.80 Å². The number of morpholine rings is 2. The van der Waals surface area contributed by atoms with Gasteiger partial charge in [0.25, 0.3) is 0 Å². The summed E-state index contributed by atoms with van der Waals surface area (Å²) in [5, 5.41) is 0. The van der Waals surface area contributed by atoms with E-state index in [2.05, 4.69) is 18.7 Å². The normalized spacial score (nSPS) is 27.5. The van der Waals surface area contributed by atoms with Crippen molar-refractivity contribution in [3.05, 3.63) is 0 Å². The van der Waals surface area contributed by atoms with Gasteiger partial charge in [0, 0.05) is 25.7 Å². The average molecular weight is 242 g/mol. The van der Waals surface area contributed by atoms with Gasteiger partial charge in [0.15, 0.2) is 0 Å². The minimum Gasteiger partial charge on any atom is -0.378 e. The molecule has 98 valence electrons. The van der Waals surface area contributed by atoms with Crippen molar-refractivity contribution in [2.24, 2.45) is 0 Å². The molecule has 0 aromatic heterocycles. The van der Waals surface area contributed by atoms with E-state index in [4.69, 9.17) is 9.47 Å². The number of carbonyl (C=O) groups is 1. The van der Waals surface area contributed by atoms with Crippen molar-refractivity contribution in [2.75, 3.05) is 46.1 Å². The van der Waals surface area contributed by atoms with Crippen LogP contribution in [0, 0.1) is 0 Å². The van der Waals surface area contributed by atoms with Gasteiger partial charge in [0.2, 0.25) is 5.91 Å². The molecule has 0 aromatic rings. The lowest BCUT2D eigenvalue weighted by atomic mass is 10.1. The smallest absolute Gasteiger partial charge is 0.242 e. The predicted octanol–water partition coefficient (Wildman–Crippen LogP) is -0.0456. The molecular weight excluding hydrogens is 220 g/mol. The van der Waals surface area contributed by atoms with Crippen LogP contribution in [-0.2, 0) is 14.3 Å². The van der Waals surface area contributed by atoms with Crippen LogP contribution in [0.2, 0.25) is 0 Å². The number of amides is 1. The van der Waals surface area contributed by atoms with Crippen LogP contribution in [0.5, 0.6) is 0 Å². The SMILES string of the molecule is CC(C)N1CCOCC1C(=O)N1CCOCC1. The largest absolute Gasteiger partial charge is 0.378 e. The Hall–Kier alpha value is -0.650. The van der Waals surface area contributed by atoms with Crippen molar-refractivity contribution in [1.29, 1.82) is 0 Å². The molecule has 17 heavy (non-hydrogen) atoms. The average Bonchev–Trinajstić information content (AvgIpc) is 2.39. The summed E-state index contributed by atoms with van der Waals surface area (Å²) in [5.74, 6) is 0.196. The molecule has 0 bridgehead atoms. The fourth-order valence-corrected chi connectivity index (χ4v) is 2.44. The molecule has 5 nitrogen and oxygen atoms in total. The fraction of sp³-hybridized carbons (Fsp3) is 0.917. The van der Waals surface area contributed by atoms with E-state index in [1.54, 1.807) is 0 Å². The highest BCUT2D eigenvalue weighted by Gasteiger charge is 2.34. The van der Waals surface area contributed by atoms with E-state index in [0.717, 1.165) is 13.2 Å². The van der Waals surface area contributed by atoms with E-state index in [-0.39, 0.29) is 11.9 Å². The van der Waals surface area contributed by atoms with Gasteiger partial charge in [-0.05, 0) is 13.8 Å². The molecule has 1 unspecified atom stereocenters. The molecule has 2 aliphatic heterocycles. The van der Waals surface area contributed by atoms with Crippen molar-refractivity contribution in [2.45, 2.75) is 25.9 Å². The third-order valence-electron chi connectivity index (χ3n) is 3.44. The van der Waals surface area contributed by atoms with Gasteiger partial charge in [-0.25, -0.2) is 0 Å². The zero-order valence-electron chi connectivity index (χ0n) is 10.7. The fourth-order valence-electron chi connectivity index (χ4n) is 2.44. The van der Waals surface area contributed by atoms with Gasteiger partial charge < -0.3 is 14.4 Å². The van der Waals surface area contributed by atoms with E-state index >= 15 is 0 Å². The Morgan fingerprint density at radius 1 is 1.12 bits per heavy atom. The number of hydrogen-bond donors (Lipinski definition) is 0. The second kappa shape index (κ2) is 5.80. The lowest BCUT2D eigenvalue weighted by molar-refractivity contribution is -0.148. The lowest BCUT2D eigenvalue weighted by Gasteiger charge is -2.40. The number of ether oxygens (including phenoxy) is 2. The molecule has 2 rings (SSSR count). The zero-order chi connectivity index (χ0) is 12.3.